The molecule has 0 spiro atoms. The first-order chi connectivity index (χ1) is 10.2. The van der Waals surface area contributed by atoms with E-state index < -0.39 is 0 Å². The molecule has 1 aliphatic heterocycles. The van der Waals surface area contributed by atoms with Crippen molar-refractivity contribution < 1.29 is 19.0 Å². The molecule has 0 aliphatic carbocycles. The molecule has 0 bridgehead atoms. The van der Waals surface area contributed by atoms with Gasteiger partial charge in [-0.3, -0.25) is 4.79 Å². The van der Waals surface area contributed by atoms with Crippen LogP contribution in [0.3, 0.4) is 0 Å². The van der Waals surface area contributed by atoms with Crippen LogP contribution in [0, 0.1) is 0 Å². The molecular weight excluding hydrogens is 268 g/mol. The van der Waals surface area contributed by atoms with E-state index in [4.69, 9.17) is 14.2 Å². The predicted molar refractivity (Wildman–Crippen MR) is 77.7 cm³/mol. The maximum Gasteiger partial charge on any atom is 0.312 e. The van der Waals surface area contributed by atoms with Crippen molar-refractivity contribution in [1.29, 1.82) is 0 Å². The summed E-state index contributed by atoms with van der Waals surface area (Å²) in [5.41, 5.74) is 1.84. The van der Waals surface area contributed by atoms with Gasteiger partial charge in [-0.2, -0.15) is 0 Å². The van der Waals surface area contributed by atoms with Crippen molar-refractivity contribution in [3.63, 3.8) is 0 Å². The Balaban J connectivity index is 1.93. The largest absolute Gasteiger partial charge is 0.485 e. The molecule has 0 saturated heterocycles. The second-order valence-corrected chi connectivity index (χ2v) is 4.95. The minimum absolute atomic E-state index is 0.271. The van der Waals surface area contributed by atoms with E-state index >= 15 is 0 Å². The van der Waals surface area contributed by atoms with Crippen molar-refractivity contribution in [2.45, 2.75) is 19.4 Å². The van der Waals surface area contributed by atoms with Crippen molar-refractivity contribution in [2.75, 3.05) is 7.11 Å². The first-order valence-electron chi connectivity index (χ1n) is 6.79. The second-order valence-electron chi connectivity index (χ2n) is 4.95. The zero-order valence-corrected chi connectivity index (χ0v) is 12.0. The Morgan fingerprint density at radius 2 is 1.95 bits per heavy atom. The lowest BCUT2D eigenvalue weighted by Crippen LogP contribution is -2.10. The Bertz CT molecular complexity index is 678. The SMILES string of the molecule is COC(=O)[C@H](C)c1ccc2c(c1)OCc1ccccc1O2. The number of esters is 1. The van der Waals surface area contributed by atoms with E-state index in [1.807, 2.05) is 42.5 Å². The average molecular weight is 284 g/mol. The zero-order valence-electron chi connectivity index (χ0n) is 12.0. The highest BCUT2D eigenvalue weighted by Crippen LogP contribution is 2.39. The highest BCUT2D eigenvalue weighted by molar-refractivity contribution is 5.77. The van der Waals surface area contributed by atoms with Crippen LogP contribution in [0.2, 0.25) is 0 Å². The third-order valence-electron chi connectivity index (χ3n) is 3.60. The van der Waals surface area contributed by atoms with Gasteiger partial charge in [0, 0.05) is 5.56 Å². The molecule has 0 amide bonds. The summed E-state index contributed by atoms with van der Waals surface area (Å²) in [7, 11) is 1.39. The smallest absolute Gasteiger partial charge is 0.312 e. The number of carbonyl (C=O) groups is 1. The van der Waals surface area contributed by atoms with Crippen molar-refractivity contribution in [3.05, 3.63) is 53.6 Å². The molecule has 2 aromatic carbocycles. The molecule has 0 unspecified atom stereocenters. The number of ether oxygens (including phenoxy) is 3. The zero-order chi connectivity index (χ0) is 14.8. The fourth-order valence-corrected chi connectivity index (χ4v) is 2.30. The molecule has 0 saturated carbocycles. The molecule has 1 heterocycles. The van der Waals surface area contributed by atoms with Gasteiger partial charge >= 0.3 is 5.97 Å². The Labute approximate surface area is 123 Å². The van der Waals surface area contributed by atoms with Crippen LogP contribution in [-0.4, -0.2) is 13.1 Å². The van der Waals surface area contributed by atoms with Gasteiger partial charge in [0.15, 0.2) is 11.5 Å². The van der Waals surface area contributed by atoms with Crippen molar-refractivity contribution in [1.82, 2.24) is 0 Å². The number of fused-ring (bicyclic) bond motifs is 2. The van der Waals surface area contributed by atoms with E-state index in [0.29, 0.717) is 18.1 Å². The number of methoxy groups -OCH3 is 1. The van der Waals surface area contributed by atoms with Gasteiger partial charge < -0.3 is 14.2 Å². The molecule has 0 N–H and O–H groups in total. The Morgan fingerprint density at radius 1 is 1.14 bits per heavy atom. The van der Waals surface area contributed by atoms with Gasteiger partial charge in [0.05, 0.1) is 13.0 Å². The molecular formula is C17H16O4. The molecule has 21 heavy (non-hydrogen) atoms. The Hall–Kier alpha value is -2.49. The van der Waals surface area contributed by atoms with Crippen LogP contribution >= 0.6 is 0 Å². The summed E-state index contributed by atoms with van der Waals surface area (Å²) < 4.78 is 16.5. The molecule has 0 radical (unpaired) electrons. The van der Waals surface area contributed by atoms with Crippen LogP contribution in [0.25, 0.3) is 0 Å². The van der Waals surface area contributed by atoms with Crippen LogP contribution < -0.4 is 9.47 Å². The van der Waals surface area contributed by atoms with Gasteiger partial charge in [-0.25, -0.2) is 0 Å². The van der Waals surface area contributed by atoms with Gasteiger partial charge in [0.1, 0.15) is 12.4 Å². The minimum Gasteiger partial charge on any atom is -0.485 e. The standard InChI is InChI=1S/C17H16O4/c1-11(17(18)19-2)12-7-8-15-16(9-12)20-10-13-5-3-4-6-14(13)21-15/h3-9,11H,10H2,1-2H3/t11-/m1/s1. The molecule has 2 aromatic rings. The molecule has 3 rings (SSSR count). The lowest BCUT2D eigenvalue weighted by molar-refractivity contribution is -0.141. The highest BCUT2D eigenvalue weighted by atomic mass is 16.5. The second kappa shape index (κ2) is 5.48. The van der Waals surface area contributed by atoms with Crippen LogP contribution in [0.4, 0.5) is 0 Å². The first kappa shape index (κ1) is 13.5. The van der Waals surface area contributed by atoms with Crippen molar-refractivity contribution >= 4 is 5.97 Å². The first-order valence-corrected chi connectivity index (χ1v) is 6.79. The number of hydrogen-bond donors (Lipinski definition) is 0. The number of rotatable bonds is 2. The normalized spacial score (nSPS) is 13.8. The maximum absolute atomic E-state index is 11.6. The van der Waals surface area contributed by atoms with Crippen LogP contribution in [0.1, 0.15) is 24.0 Å². The summed E-state index contributed by atoms with van der Waals surface area (Å²) >= 11 is 0. The third kappa shape index (κ3) is 2.57. The van der Waals surface area contributed by atoms with Gasteiger partial charge in [0.25, 0.3) is 0 Å². The van der Waals surface area contributed by atoms with Gasteiger partial charge in [-0.15, -0.1) is 0 Å². The monoisotopic (exact) mass is 284 g/mol. The Kier molecular flexibility index (Phi) is 3.52. The lowest BCUT2D eigenvalue weighted by atomic mass is 10.0. The van der Waals surface area contributed by atoms with E-state index in [0.717, 1.165) is 16.9 Å². The lowest BCUT2D eigenvalue weighted by Gasteiger charge is -2.13. The van der Waals surface area contributed by atoms with Gasteiger partial charge in [-0.05, 0) is 30.7 Å². The van der Waals surface area contributed by atoms with Crippen LogP contribution in [-0.2, 0) is 16.1 Å². The fraction of sp³-hybridized carbons (Fsp3) is 0.235. The Morgan fingerprint density at radius 3 is 2.76 bits per heavy atom. The summed E-state index contributed by atoms with van der Waals surface area (Å²) in [6.07, 6.45) is 0. The van der Waals surface area contributed by atoms with Gasteiger partial charge in [0.2, 0.25) is 0 Å². The van der Waals surface area contributed by atoms with E-state index in [1.165, 1.54) is 7.11 Å². The molecule has 4 heteroatoms. The molecule has 0 fully saturated rings. The summed E-state index contributed by atoms with van der Waals surface area (Å²) in [6.45, 7) is 2.25. The third-order valence-corrected chi connectivity index (χ3v) is 3.60. The minimum atomic E-state index is -0.338. The summed E-state index contributed by atoms with van der Waals surface area (Å²) in [4.78, 5) is 11.6. The summed E-state index contributed by atoms with van der Waals surface area (Å²) in [6, 6.07) is 13.3. The van der Waals surface area contributed by atoms with Crippen LogP contribution in [0.5, 0.6) is 17.2 Å². The van der Waals surface area contributed by atoms with Crippen LogP contribution in [0.15, 0.2) is 42.5 Å². The predicted octanol–water partition coefficient (Wildman–Crippen LogP) is 3.65. The maximum atomic E-state index is 11.6. The molecule has 4 nitrogen and oxygen atoms in total. The number of hydrogen-bond acceptors (Lipinski definition) is 4. The number of para-hydroxylation sites is 1. The van der Waals surface area contributed by atoms with Crippen molar-refractivity contribution in [3.8, 4) is 17.2 Å². The number of benzene rings is 2. The molecule has 1 aliphatic rings. The molecule has 1 atom stereocenters. The molecule has 108 valence electrons. The quantitative estimate of drug-likeness (QED) is 0.790. The van der Waals surface area contributed by atoms with E-state index in [2.05, 4.69) is 0 Å². The molecule has 0 aromatic heterocycles. The van der Waals surface area contributed by atoms with E-state index in [1.54, 1.807) is 6.92 Å². The van der Waals surface area contributed by atoms with E-state index in [-0.39, 0.29) is 11.9 Å². The number of carbonyl (C=O) groups excluding carboxylic acids is 1. The highest BCUT2D eigenvalue weighted by Gasteiger charge is 2.20. The summed E-state index contributed by atoms with van der Waals surface area (Å²) in [5, 5.41) is 0. The van der Waals surface area contributed by atoms with Crippen molar-refractivity contribution in [2.24, 2.45) is 0 Å². The summed E-state index contributed by atoms with van der Waals surface area (Å²) in [5.74, 6) is 1.48. The van der Waals surface area contributed by atoms with Gasteiger partial charge in [-0.1, -0.05) is 24.3 Å². The van der Waals surface area contributed by atoms with E-state index in [9.17, 15) is 4.79 Å². The average Bonchev–Trinajstić information content (AvgIpc) is 2.71. The topological polar surface area (TPSA) is 44.8 Å². The fourth-order valence-electron chi connectivity index (χ4n) is 2.30.